The van der Waals surface area contributed by atoms with Crippen LogP contribution in [0.5, 0.6) is 5.75 Å². The van der Waals surface area contributed by atoms with Gasteiger partial charge < -0.3 is 19.9 Å². The van der Waals surface area contributed by atoms with Gasteiger partial charge in [0.15, 0.2) is 11.5 Å². The molecule has 3 aromatic heterocycles. The summed E-state index contributed by atoms with van der Waals surface area (Å²) in [6, 6.07) is 15.6. The summed E-state index contributed by atoms with van der Waals surface area (Å²) in [5, 5.41) is 16.1. The van der Waals surface area contributed by atoms with Crippen molar-refractivity contribution < 1.29 is 9.53 Å². The maximum absolute atomic E-state index is 12.3. The number of aromatic nitrogens is 5. The lowest BCUT2D eigenvalue weighted by Gasteiger charge is -2.36. The fraction of sp³-hybridized carbons (Fsp3) is 0.292. The van der Waals surface area contributed by atoms with E-state index in [0.29, 0.717) is 23.6 Å². The summed E-state index contributed by atoms with van der Waals surface area (Å²) in [6.07, 6.45) is 4.00. The third-order valence-corrected chi connectivity index (χ3v) is 5.86. The van der Waals surface area contributed by atoms with Crippen molar-refractivity contribution in [3.63, 3.8) is 0 Å². The molecule has 10 nitrogen and oxygen atoms in total. The van der Waals surface area contributed by atoms with Crippen molar-refractivity contribution in [2.24, 2.45) is 0 Å². The molecule has 1 aliphatic heterocycles. The molecule has 174 valence electrons. The van der Waals surface area contributed by atoms with E-state index in [2.05, 4.69) is 42.4 Å². The van der Waals surface area contributed by atoms with Crippen molar-refractivity contribution in [1.82, 2.24) is 24.8 Å². The molecule has 0 atom stereocenters. The van der Waals surface area contributed by atoms with E-state index in [9.17, 15) is 4.79 Å². The Morgan fingerprint density at radius 1 is 1.03 bits per heavy atom. The predicted octanol–water partition coefficient (Wildman–Crippen LogP) is 2.43. The Morgan fingerprint density at radius 3 is 2.68 bits per heavy atom. The van der Waals surface area contributed by atoms with Gasteiger partial charge in [-0.3, -0.25) is 9.78 Å². The van der Waals surface area contributed by atoms with Crippen LogP contribution in [-0.4, -0.2) is 64.0 Å². The third kappa shape index (κ3) is 4.75. The van der Waals surface area contributed by atoms with Crippen molar-refractivity contribution in [2.75, 3.05) is 48.4 Å². The molecule has 1 aliphatic rings. The van der Waals surface area contributed by atoms with Crippen LogP contribution in [-0.2, 0) is 11.2 Å². The molecule has 4 heterocycles. The minimum atomic E-state index is -0.102. The van der Waals surface area contributed by atoms with Gasteiger partial charge in [-0.1, -0.05) is 6.07 Å². The number of methoxy groups -OCH3 is 1. The van der Waals surface area contributed by atoms with E-state index in [4.69, 9.17) is 9.84 Å². The zero-order valence-electron chi connectivity index (χ0n) is 19.0. The quantitative estimate of drug-likeness (QED) is 0.451. The van der Waals surface area contributed by atoms with Gasteiger partial charge in [0.1, 0.15) is 11.6 Å². The van der Waals surface area contributed by atoms with Gasteiger partial charge in [-0.25, -0.2) is 0 Å². The number of amides is 1. The number of carbonyl (C=O) groups excluding carboxylic acids is 1. The van der Waals surface area contributed by atoms with Gasteiger partial charge in [0.25, 0.3) is 0 Å². The molecule has 0 bridgehead atoms. The Morgan fingerprint density at radius 2 is 1.88 bits per heavy atom. The van der Waals surface area contributed by atoms with Crippen LogP contribution in [0, 0.1) is 0 Å². The second-order valence-corrected chi connectivity index (χ2v) is 8.04. The SMILES string of the molecule is COc1cccc(N2CCN(c3ccc4nnc(CCC(=O)Nc5cccnc5)n4n3)CC2)c1. The first-order chi connectivity index (χ1) is 16.7. The molecule has 1 saturated heterocycles. The van der Waals surface area contributed by atoms with E-state index in [1.54, 1.807) is 36.2 Å². The van der Waals surface area contributed by atoms with E-state index in [-0.39, 0.29) is 12.3 Å². The number of carbonyl (C=O) groups is 1. The van der Waals surface area contributed by atoms with Gasteiger partial charge >= 0.3 is 0 Å². The number of pyridine rings is 1. The second kappa shape index (κ2) is 9.74. The van der Waals surface area contributed by atoms with E-state index in [1.165, 1.54) is 0 Å². The van der Waals surface area contributed by atoms with E-state index >= 15 is 0 Å². The first-order valence-corrected chi connectivity index (χ1v) is 11.2. The van der Waals surface area contributed by atoms with Crippen LogP contribution in [0.3, 0.4) is 0 Å². The summed E-state index contributed by atoms with van der Waals surface area (Å²) in [5.41, 5.74) is 2.50. The lowest BCUT2D eigenvalue weighted by molar-refractivity contribution is -0.116. The summed E-state index contributed by atoms with van der Waals surface area (Å²) < 4.78 is 7.09. The molecular formula is C24H26N8O2. The minimum Gasteiger partial charge on any atom is -0.497 e. The van der Waals surface area contributed by atoms with Crippen molar-refractivity contribution in [3.8, 4) is 5.75 Å². The molecule has 1 aromatic carbocycles. The van der Waals surface area contributed by atoms with Crippen molar-refractivity contribution in [3.05, 3.63) is 66.7 Å². The molecular weight excluding hydrogens is 432 g/mol. The normalized spacial score (nSPS) is 13.8. The van der Waals surface area contributed by atoms with E-state index in [1.807, 2.05) is 24.3 Å². The van der Waals surface area contributed by atoms with Gasteiger partial charge in [-0.05, 0) is 36.4 Å². The van der Waals surface area contributed by atoms with Gasteiger partial charge in [-0.15, -0.1) is 15.3 Å². The van der Waals surface area contributed by atoms with Crippen LogP contribution in [0.4, 0.5) is 17.2 Å². The number of ether oxygens (including phenoxy) is 1. The number of fused-ring (bicyclic) bond motifs is 1. The zero-order valence-corrected chi connectivity index (χ0v) is 19.0. The maximum Gasteiger partial charge on any atom is 0.224 e. The third-order valence-electron chi connectivity index (χ3n) is 5.86. The van der Waals surface area contributed by atoms with Crippen molar-refractivity contribution in [1.29, 1.82) is 0 Å². The highest BCUT2D eigenvalue weighted by Gasteiger charge is 2.20. The topological polar surface area (TPSA) is 101 Å². The van der Waals surface area contributed by atoms with E-state index < -0.39 is 0 Å². The molecule has 1 amide bonds. The van der Waals surface area contributed by atoms with Crippen LogP contribution < -0.4 is 19.9 Å². The summed E-state index contributed by atoms with van der Waals surface area (Å²) in [6.45, 7) is 3.47. The van der Waals surface area contributed by atoms with Crippen molar-refractivity contribution >= 4 is 28.7 Å². The predicted molar refractivity (Wildman–Crippen MR) is 129 cm³/mol. The fourth-order valence-electron chi connectivity index (χ4n) is 4.03. The Balaban J connectivity index is 1.23. The Labute approximate surface area is 197 Å². The molecule has 0 radical (unpaired) electrons. The number of benzene rings is 1. The van der Waals surface area contributed by atoms with Gasteiger partial charge in [0.2, 0.25) is 5.91 Å². The van der Waals surface area contributed by atoms with E-state index in [0.717, 1.165) is 43.4 Å². The first-order valence-electron chi connectivity index (χ1n) is 11.2. The summed E-state index contributed by atoms with van der Waals surface area (Å²) >= 11 is 0. The van der Waals surface area contributed by atoms with Crippen LogP contribution in [0.15, 0.2) is 60.9 Å². The molecule has 4 aromatic rings. The highest BCUT2D eigenvalue weighted by molar-refractivity contribution is 5.90. The highest BCUT2D eigenvalue weighted by Crippen LogP contribution is 2.23. The number of anilines is 3. The highest BCUT2D eigenvalue weighted by atomic mass is 16.5. The molecule has 1 fully saturated rings. The average molecular weight is 459 g/mol. The summed E-state index contributed by atoms with van der Waals surface area (Å²) in [5.74, 6) is 2.29. The first kappa shape index (κ1) is 21.6. The van der Waals surface area contributed by atoms with Crippen LogP contribution in [0.1, 0.15) is 12.2 Å². The largest absolute Gasteiger partial charge is 0.497 e. The average Bonchev–Trinajstić information content (AvgIpc) is 3.30. The fourth-order valence-corrected chi connectivity index (χ4v) is 4.03. The van der Waals surface area contributed by atoms with Gasteiger partial charge in [-0.2, -0.15) is 4.52 Å². The molecule has 34 heavy (non-hydrogen) atoms. The number of piperazine rings is 1. The Bertz CT molecular complexity index is 1270. The lowest BCUT2D eigenvalue weighted by Crippen LogP contribution is -2.47. The maximum atomic E-state index is 12.3. The number of aryl methyl sites for hydroxylation is 1. The molecule has 5 rings (SSSR count). The number of rotatable bonds is 7. The molecule has 0 saturated carbocycles. The van der Waals surface area contributed by atoms with Crippen molar-refractivity contribution in [2.45, 2.75) is 12.8 Å². The summed E-state index contributed by atoms with van der Waals surface area (Å²) in [4.78, 5) is 20.9. The smallest absolute Gasteiger partial charge is 0.224 e. The van der Waals surface area contributed by atoms with Gasteiger partial charge in [0.05, 0.1) is 19.0 Å². The number of hydrogen-bond donors (Lipinski definition) is 1. The monoisotopic (exact) mass is 458 g/mol. The number of nitrogens with zero attached hydrogens (tertiary/aromatic N) is 7. The van der Waals surface area contributed by atoms with Crippen LogP contribution in [0.25, 0.3) is 5.65 Å². The summed E-state index contributed by atoms with van der Waals surface area (Å²) in [7, 11) is 1.69. The van der Waals surface area contributed by atoms with Crippen LogP contribution in [0.2, 0.25) is 0 Å². The lowest BCUT2D eigenvalue weighted by atomic mass is 10.2. The molecule has 10 heteroatoms. The zero-order chi connectivity index (χ0) is 23.3. The number of hydrogen-bond acceptors (Lipinski definition) is 8. The Kier molecular flexibility index (Phi) is 6.19. The Hall–Kier alpha value is -4.21. The molecule has 1 N–H and O–H groups in total. The number of nitrogens with one attached hydrogen (secondary N) is 1. The van der Waals surface area contributed by atoms with Crippen LogP contribution >= 0.6 is 0 Å². The van der Waals surface area contributed by atoms with Gasteiger partial charge in [0, 0.05) is 57.0 Å². The molecule has 0 spiro atoms. The second-order valence-electron chi connectivity index (χ2n) is 8.04. The molecule has 0 unspecified atom stereocenters. The standard InChI is InChI=1S/C24H26N8O2/c1-34-20-6-2-5-19(16-20)30-12-14-31(15-13-30)23-8-7-21-27-28-22(32(21)29-23)9-10-24(33)26-18-4-3-11-25-17-18/h2-8,11,16-17H,9-10,12-15H2,1H3,(H,26,33). The molecule has 0 aliphatic carbocycles. The minimum absolute atomic E-state index is 0.102.